The van der Waals surface area contributed by atoms with E-state index in [4.69, 9.17) is 10.9 Å². The summed E-state index contributed by atoms with van der Waals surface area (Å²) in [5.74, 6) is -0.316. The summed E-state index contributed by atoms with van der Waals surface area (Å²) < 4.78 is 37.9. The van der Waals surface area contributed by atoms with E-state index in [1.165, 1.54) is 0 Å². The van der Waals surface area contributed by atoms with Gasteiger partial charge in [0.05, 0.1) is 5.56 Å². The molecule has 0 saturated carbocycles. The summed E-state index contributed by atoms with van der Waals surface area (Å²) in [5.41, 5.74) is 5.81. The Labute approximate surface area is 96.7 Å². The molecule has 3 nitrogen and oxygen atoms in total. The summed E-state index contributed by atoms with van der Waals surface area (Å²) in [5, 5.41) is 11.3. The molecule has 0 saturated heterocycles. The first kappa shape index (κ1) is 13.3. The fraction of sp³-hybridized carbons (Fsp3) is 0.364. The Morgan fingerprint density at radius 2 is 2.00 bits per heavy atom. The Morgan fingerprint density at radius 1 is 1.41 bits per heavy atom. The van der Waals surface area contributed by atoms with E-state index in [0.29, 0.717) is 17.5 Å². The van der Waals surface area contributed by atoms with E-state index in [1.54, 1.807) is 13.8 Å². The number of alkyl halides is 3. The highest BCUT2D eigenvalue weighted by Gasteiger charge is 2.32. The van der Waals surface area contributed by atoms with Crippen molar-refractivity contribution < 1.29 is 18.4 Å². The molecule has 94 valence electrons. The molecule has 0 aliphatic carbocycles. The van der Waals surface area contributed by atoms with E-state index < -0.39 is 11.7 Å². The first-order valence-electron chi connectivity index (χ1n) is 4.99. The zero-order chi connectivity index (χ0) is 13.2. The largest absolute Gasteiger partial charge is 0.416 e. The minimum absolute atomic E-state index is 0.110. The number of nitrogens with zero attached hydrogens (tertiary/aromatic N) is 1. The lowest BCUT2D eigenvalue weighted by Crippen LogP contribution is -2.18. The number of nitrogens with two attached hydrogens (primary N) is 1. The average Bonchev–Trinajstić information content (AvgIpc) is 2.26. The highest BCUT2D eigenvalue weighted by molar-refractivity contribution is 5.98. The number of aryl methyl sites for hydroxylation is 1. The number of hydrogen-bond acceptors (Lipinski definition) is 2. The van der Waals surface area contributed by atoms with Gasteiger partial charge in [0.2, 0.25) is 0 Å². The molecule has 1 aromatic rings. The summed E-state index contributed by atoms with van der Waals surface area (Å²) in [6.07, 6.45) is -4.00. The number of hydrogen-bond donors (Lipinski definition) is 2. The highest BCUT2D eigenvalue weighted by atomic mass is 19.4. The molecule has 0 atom stereocenters. The Kier molecular flexibility index (Phi) is 3.65. The van der Waals surface area contributed by atoms with Crippen LogP contribution in [-0.2, 0) is 12.6 Å². The molecule has 1 rings (SSSR count). The van der Waals surface area contributed by atoms with Crippen molar-refractivity contribution in [2.24, 2.45) is 10.9 Å². The molecule has 0 fully saturated rings. The second kappa shape index (κ2) is 4.65. The number of rotatable bonds is 2. The van der Waals surface area contributed by atoms with Crippen molar-refractivity contribution in [2.75, 3.05) is 0 Å². The van der Waals surface area contributed by atoms with Crippen LogP contribution in [0.2, 0.25) is 0 Å². The summed E-state index contributed by atoms with van der Waals surface area (Å²) in [6, 6.07) is 1.98. The summed E-state index contributed by atoms with van der Waals surface area (Å²) >= 11 is 0. The number of oxime groups is 1. The lowest BCUT2D eigenvalue weighted by Gasteiger charge is -2.14. The van der Waals surface area contributed by atoms with Crippen molar-refractivity contribution in [3.05, 3.63) is 34.4 Å². The van der Waals surface area contributed by atoms with E-state index in [1.807, 2.05) is 0 Å². The van der Waals surface area contributed by atoms with E-state index in [0.717, 1.165) is 12.1 Å². The SMILES string of the molecule is CCc1cc(C(F)(F)F)cc(C(N)=NO)c1C. The van der Waals surface area contributed by atoms with Crippen LogP contribution in [0.4, 0.5) is 13.2 Å². The molecular formula is C11H13F3N2O. The molecular weight excluding hydrogens is 233 g/mol. The van der Waals surface area contributed by atoms with Gasteiger partial charge in [0.1, 0.15) is 0 Å². The Bertz CT molecular complexity index is 453. The van der Waals surface area contributed by atoms with Crippen molar-refractivity contribution in [1.82, 2.24) is 0 Å². The van der Waals surface area contributed by atoms with Gasteiger partial charge < -0.3 is 10.9 Å². The van der Waals surface area contributed by atoms with Gasteiger partial charge in [-0.15, -0.1) is 0 Å². The molecule has 0 heterocycles. The first-order valence-corrected chi connectivity index (χ1v) is 4.99. The molecule has 0 amide bonds. The van der Waals surface area contributed by atoms with Gasteiger partial charge in [0.15, 0.2) is 5.84 Å². The van der Waals surface area contributed by atoms with Gasteiger partial charge in [-0.05, 0) is 36.6 Å². The maximum absolute atomic E-state index is 12.6. The number of amidine groups is 1. The molecule has 0 spiro atoms. The molecule has 0 aliphatic heterocycles. The van der Waals surface area contributed by atoms with Crippen molar-refractivity contribution in [3.8, 4) is 0 Å². The molecule has 3 N–H and O–H groups in total. The van der Waals surface area contributed by atoms with E-state index in [-0.39, 0.29) is 11.4 Å². The van der Waals surface area contributed by atoms with Crippen LogP contribution in [-0.4, -0.2) is 11.0 Å². The van der Waals surface area contributed by atoms with Crippen LogP contribution in [0.1, 0.15) is 29.2 Å². The van der Waals surface area contributed by atoms with E-state index in [2.05, 4.69) is 5.16 Å². The molecule has 0 aromatic heterocycles. The van der Waals surface area contributed by atoms with Gasteiger partial charge in [0, 0.05) is 5.56 Å². The van der Waals surface area contributed by atoms with E-state index in [9.17, 15) is 13.2 Å². The molecule has 1 aromatic carbocycles. The lowest BCUT2D eigenvalue weighted by atomic mass is 9.96. The van der Waals surface area contributed by atoms with Crippen LogP contribution < -0.4 is 5.73 Å². The van der Waals surface area contributed by atoms with Crippen LogP contribution in [0.25, 0.3) is 0 Å². The fourth-order valence-corrected chi connectivity index (χ4v) is 1.63. The molecule has 0 bridgehead atoms. The maximum Gasteiger partial charge on any atom is 0.416 e. The van der Waals surface area contributed by atoms with Crippen LogP contribution in [0, 0.1) is 6.92 Å². The minimum atomic E-state index is -4.44. The van der Waals surface area contributed by atoms with Crippen LogP contribution in [0.3, 0.4) is 0 Å². The Morgan fingerprint density at radius 3 is 2.41 bits per heavy atom. The van der Waals surface area contributed by atoms with Crippen LogP contribution in [0.5, 0.6) is 0 Å². The van der Waals surface area contributed by atoms with Gasteiger partial charge in [-0.1, -0.05) is 12.1 Å². The summed E-state index contributed by atoms with van der Waals surface area (Å²) in [7, 11) is 0. The third-order valence-corrected chi connectivity index (χ3v) is 2.61. The standard InChI is InChI=1S/C11H13F3N2O/c1-3-7-4-8(11(12,13)14)5-9(6(7)2)10(15)16-17/h4-5,17H,3H2,1-2H3,(H2,15,16). The van der Waals surface area contributed by atoms with Gasteiger partial charge in [-0.3, -0.25) is 0 Å². The number of halogens is 3. The third-order valence-electron chi connectivity index (χ3n) is 2.61. The molecule has 0 radical (unpaired) electrons. The predicted octanol–water partition coefficient (Wildman–Crippen LogP) is 2.67. The van der Waals surface area contributed by atoms with Gasteiger partial charge >= 0.3 is 6.18 Å². The van der Waals surface area contributed by atoms with Crippen molar-refractivity contribution >= 4 is 5.84 Å². The number of benzene rings is 1. The lowest BCUT2D eigenvalue weighted by molar-refractivity contribution is -0.137. The quantitative estimate of drug-likeness (QED) is 0.365. The van der Waals surface area contributed by atoms with Crippen molar-refractivity contribution in [2.45, 2.75) is 26.4 Å². The average molecular weight is 246 g/mol. The normalized spacial score (nSPS) is 12.9. The first-order chi connectivity index (χ1) is 7.81. The van der Waals surface area contributed by atoms with Gasteiger partial charge in [-0.25, -0.2) is 0 Å². The van der Waals surface area contributed by atoms with Crippen LogP contribution >= 0.6 is 0 Å². The second-order valence-electron chi connectivity index (χ2n) is 3.64. The topological polar surface area (TPSA) is 58.6 Å². The zero-order valence-corrected chi connectivity index (χ0v) is 9.47. The van der Waals surface area contributed by atoms with E-state index >= 15 is 0 Å². The van der Waals surface area contributed by atoms with Gasteiger partial charge in [-0.2, -0.15) is 13.2 Å². The van der Waals surface area contributed by atoms with Crippen molar-refractivity contribution in [1.29, 1.82) is 0 Å². The monoisotopic (exact) mass is 246 g/mol. The Hall–Kier alpha value is -1.72. The smallest absolute Gasteiger partial charge is 0.409 e. The summed E-state index contributed by atoms with van der Waals surface area (Å²) in [6.45, 7) is 3.39. The maximum atomic E-state index is 12.6. The molecule has 0 aliphatic rings. The zero-order valence-electron chi connectivity index (χ0n) is 9.47. The van der Waals surface area contributed by atoms with Crippen molar-refractivity contribution in [3.63, 3.8) is 0 Å². The minimum Gasteiger partial charge on any atom is -0.409 e. The summed E-state index contributed by atoms with van der Waals surface area (Å²) in [4.78, 5) is 0. The molecule has 0 unspecified atom stereocenters. The molecule has 6 heteroatoms. The van der Waals surface area contributed by atoms with Crippen LogP contribution in [0.15, 0.2) is 17.3 Å². The van der Waals surface area contributed by atoms with Gasteiger partial charge in [0.25, 0.3) is 0 Å². The predicted molar refractivity (Wildman–Crippen MR) is 58.1 cm³/mol. The highest BCUT2D eigenvalue weighted by Crippen LogP contribution is 2.32. The third kappa shape index (κ3) is 2.69. The molecule has 17 heavy (non-hydrogen) atoms. The fourth-order valence-electron chi connectivity index (χ4n) is 1.63. The Balaban J connectivity index is 3.50. The second-order valence-corrected chi connectivity index (χ2v) is 3.64.